The van der Waals surface area contributed by atoms with Crippen LogP contribution in [0.1, 0.15) is 21.7 Å². The number of carbonyl (C=O) groups is 1. The number of hydrogen-bond acceptors (Lipinski definition) is 2. The molecule has 2 heterocycles. The Morgan fingerprint density at radius 2 is 2.18 bits per heavy atom. The Morgan fingerprint density at radius 1 is 1.47 bits per heavy atom. The highest BCUT2D eigenvalue weighted by molar-refractivity contribution is 9.10. The molecule has 0 spiro atoms. The van der Waals surface area contributed by atoms with E-state index in [9.17, 15) is 4.79 Å². The van der Waals surface area contributed by atoms with Gasteiger partial charge in [-0.25, -0.2) is 0 Å². The summed E-state index contributed by atoms with van der Waals surface area (Å²) in [6, 6.07) is 1.93. The van der Waals surface area contributed by atoms with Gasteiger partial charge < -0.3 is 4.57 Å². The summed E-state index contributed by atoms with van der Waals surface area (Å²) in [5.41, 5.74) is 2.86. The van der Waals surface area contributed by atoms with Crippen molar-refractivity contribution in [2.75, 3.05) is 0 Å². The molecule has 0 radical (unpaired) electrons. The zero-order chi connectivity index (χ0) is 12.6. The van der Waals surface area contributed by atoms with E-state index in [0.29, 0.717) is 0 Å². The average molecular weight is 296 g/mol. The predicted octanol–water partition coefficient (Wildman–Crippen LogP) is 2.48. The second-order valence-corrected chi connectivity index (χ2v) is 5.04. The van der Waals surface area contributed by atoms with Crippen molar-refractivity contribution >= 4 is 21.7 Å². The van der Waals surface area contributed by atoms with Crippen LogP contribution in [0.3, 0.4) is 0 Å². The number of halogens is 1. The van der Waals surface area contributed by atoms with Crippen LogP contribution in [0.4, 0.5) is 0 Å². The molecular weight excluding hydrogens is 282 g/mol. The fourth-order valence-corrected chi connectivity index (χ4v) is 2.12. The third-order valence-corrected chi connectivity index (χ3v) is 3.39. The first-order valence-corrected chi connectivity index (χ1v) is 6.12. The van der Waals surface area contributed by atoms with Gasteiger partial charge in [0, 0.05) is 30.2 Å². The maximum Gasteiger partial charge on any atom is 0.186 e. The molecule has 0 unspecified atom stereocenters. The minimum absolute atomic E-state index is 0.0850. The molecule has 90 valence electrons. The molecule has 5 heteroatoms. The van der Waals surface area contributed by atoms with Gasteiger partial charge in [-0.1, -0.05) is 0 Å². The number of carbonyl (C=O) groups excluding carboxylic acids is 1. The molecular formula is C12H14BrN3O. The van der Waals surface area contributed by atoms with Crippen LogP contribution >= 0.6 is 15.9 Å². The van der Waals surface area contributed by atoms with Crippen LogP contribution in [0.25, 0.3) is 0 Å². The summed E-state index contributed by atoms with van der Waals surface area (Å²) in [4.78, 5) is 12.1. The molecule has 0 aliphatic carbocycles. The molecule has 2 rings (SSSR count). The van der Waals surface area contributed by atoms with Crippen LogP contribution in [-0.2, 0) is 13.6 Å². The Kier molecular flexibility index (Phi) is 3.19. The average Bonchev–Trinajstić information content (AvgIpc) is 2.78. The highest BCUT2D eigenvalue weighted by Gasteiger charge is 2.14. The van der Waals surface area contributed by atoms with E-state index in [2.05, 4.69) is 21.0 Å². The fourth-order valence-electron chi connectivity index (χ4n) is 1.79. The van der Waals surface area contributed by atoms with E-state index in [1.54, 1.807) is 17.1 Å². The standard InChI is InChI=1S/C12H14BrN3O/c1-8-4-11(9(2)15(8)3)12(17)7-16-6-10(13)5-14-16/h4-6H,7H2,1-3H3. The maximum atomic E-state index is 12.1. The number of ketones is 1. The molecule has 0 aliphatic heterocycles. The summed E-state index contributed by atoms with van der Waals surface area (Å²) in [5.74, 6) is 0.0850. The van der Waals surface area contributed by atoms with Crippen LogP contribution in [0.5, 0.6) is 0 Å². The minimum Gasteiger partial charge on any atom is -0.351 e. The van der Waals surface area contributed by atoms with E-state index in [-0.39, 0.29) is 12.3 Å². The minimum atomic E-state index is 0.0850. The van der Waals surface area contributed by atoms with Crippen molar-refractivity contribution in [3.8, 4) is 0 Å². The van der Waals surface area contributed by atoms with Crippen LogP contribution in [0.2, 0.25) is 0 Å². The van der Waals surface area contributed by atoms with Crippen molar-refractivity contribution in [1.82, 2.24) is 14.3 Å². The second-order valence-electron chi connectivity index (χ2n) is 4.12. The van der Waals surface area contributed by atoms with Crippen molar-refractivity contribution in [2.45, 2.75) is 20.4 Å². The fraction of sp³-hybridized carbons (Fsp3) is 0.333. The molecule has 2 aromatic rings. The smallest absolute Gasteiger partial charge is 0.186 e. The van der Waals surface area contributed by atoms with Crippen LogP contribution < -0.4 is 0 Å². The summed E-state index contributed by atoms with van der Waals surface area (Å²) in [5, 5.41) is 4.08. The van der Waals surface area contributed by atoms with E-state index in [1.165, 1.54) is 0 Å². The molecule has 0 aromatic carbocycles. The molecule has 0 bridgehead atoms. The predicted molar refractivity (Wildman–Crippen MR) is 69.1 cm³/mol. The van der Waals surface area contributed by atoms with Crippen molar-refractivity contribution < 1.29 is 4.79 Å². The van der Waals surface area contributed by atoms with Crippen molar-refractivity contribution in [2.24, 2.45) is 7.05 Å². The topological polar surface area (TPSA) is 39.8 Å². The summed E-state index contributed by atoms with van der Waals surface area (Å²) in [7, 11) is 1.96. The zero-order valence-corrected chi connectivity index (χ0v) is 11.7. The molecule has 0 saturated heterocycles. The van der Waals surface area contributed by atoms with Gasteiger partial charge in [-0.15, -0.1) is 0 Å². The Balaban J connectivity index is 2.23. The number of rotatable bonds is 3. The molecule has 0 amide bonds. The summed E-state index contributed by atoms with van der Waals surface area (Å²) < 4.78 is 4.53. The first-order valence-electron chi connectivity index (χ1n) is 5.33. The van der Waals surface area contributed by atoms with E-state index in [1.807, 2.05) is 31.5 Å². The maximum absolute atomic E-state index is 12.1. The highest BCUT2D eigenvalue weighted by atomic mass is 79.9. The first kappa shape index (κ1) is 12.1. The Morgan fingerprint density at radius 3 is 2.65 bits per heavy atom. The van der Waals surface area contributed by atoms with E-state index < -0.39 is 0 Å². The zero-order valence-electron chi connectivity index (χ0n) is 10.1. The lowest BCUT2D eigenvalue weighted by atomic mass is 10.1. The van der Waals surface area contributed by atoms with Gasteiger partial charge in [-0.3, -0.25) is 9.48 Å². The van der Waals surface area contributed by atoms with Gasteiger partial charge >= 0.3 is 0 Å². The van der Waals surface area contributed by atoms with Gasteiger partial charge in [0.05, 0.1) is 10.7 Å². The molecule has 0 fully saturated rings. The van der Waals surface area contributed by atoms with Gasteiger partial charge in [-0.2, -0.15) is 5.10 Å². The molecule has 0 N–H and O–H groups in total. The number of hydrogen-bond donors (Lipinski definition) is 0. The van der Waals surface area contributed by atoms with Gasteiger partial charge in [-0.05, 0) is 35.8 Å². The van der Waals surface area contributed by atoms with Crippen LogP contribution in [0, 0.1) is 13.8 Å². The Hall–Kier alpha value is -1.36. The van der Waals surface area contributed by atoms with Gasteiger partial charge in [0.25, 0.3) is 0 Å². The Bertz CT molecular complexity index is 568. The molecule has 0 aliphatic rings. The first-order chi connectivity index (χ1) is 7.99. The third kappa shape index (κ3) is 2.34. The summed E-state index contributed by atoms with van der Waals surface area (Å²) in [6.45, 7) is 4.23. The largest absolute Gasteiger partial charge is 0.351 e. The van der Waals surface area contributed by atoms with E-state index in [4.69, 9.17) is 0 Å². The van der Waals surface area contributed by atoms with Crippen molar-refractivity contribution in [1.29, 1.82) is 0 Å². The number of aromatic nitrogens is 3. The SMILES string of the molecule is Cc1cc(C(=O)Cn2cc(Br)cn2)c(C)n1C. The van der Waals surface area contributed by atoms with Gasteiger partial charge in [0.1, 0.15) is 6.54 Å². The molecule has 0 atom stereocenters. The molecule has 4 nitrogen and oxygen atoms in total. The lowest BCUT2D eigenvalue weighted by Gasteiger charge is -2.02. The summed E-state index contributed by atoms with van der Waals surface area (Å²) >= 11 is 3.31. The van der Waals surface area contributed by atoms with E-state index >= 15 is 0 Å². The number of nitrogens with zero attached hydrogens (tertiary/aromatic N) is 3. The Labute approximate surface area is 108 Å². The third-order valence-electron chi connectivity index (χ3n) is 2.98. The van der Waals surface area contributed by atoms with Crippen LogP contribution in [-0.4, -0.2) is 20.1 Å². The molecule has 2 aromatic heterocycles. The lowest BCUT2D eigenvalue weighted by molar-refractivity contribution is 0.0967. The quantitative estimate of drug-likeness (QED) is 0.816. The second kappa shape index (κ2) is 4.49. The number of aryl methyl sites for hydroxylation is 1. The summed E-state index contributed by atoms with van der Waals surface area (Å²) in [6.07, 6.45) is 3.47. The van der Waals surface area contributed by atoms with Crippen LogP contribution in [0.15, 0.2) is 22.9 Å². The monoisotopic (exact) mass is 295 g/mol. The highest BCUT2D eigenvalue weighted by Crippen LogP contribution is 2.15. The molecule has 0 saturated carbocycles. The van der Waals surface area contributed by atoms with Crippen molar-refractivity contribution in [3.63, 3.8) is 0 Å². The normalized spacial score (nSPS) is 10.8. The van der Waals surface area contributed by atoms with Gasteiger partial charge in [0.15, 0.2) is 5.78 Å². The van der Waals surface area contributed by atoms with Crippen molar-refractivity contribution in [3.05, 3.63) is 39.9 Å². The number of Topliss-reactive ketones (excluding diaryl/α,β-unsaturated/α-hetero) is 1. The lowest BCUT2D eigenvalue weighted by Crippen LogP contribution is -2.11. The molecule has 17 heavy (non-hydrogen) atoms. The van der Waals surface area contributed by atoms with Gasteiger partial charge in [0.2, 0.25) is 0 Å². The van der Waals surface area contributed by atoms with E-state index in [0.717, 1.165) is 21.4 Å².